The van der Waals surface area contributed by atoms with Crippen molar-refractivity contribution in [2.24, 2.45) is 0 Å². The van der Waals surface area contributed by atoms with Crippen LogP contribution in [0, 0.1) is 23.3 Å². The maximum absolute atomic E-state index is 14.1. The van der Waals surface area contributed by atoms with Gasteiger partial charge in [-0.05, 0) is 12.8 Å². The zero-order chi connectivity index (χ0) is 19.6. The normalized spacial score (nSPS) is 13.9. The van der Waals surface area contributed by atoms with Gasteiger partial charge in [-0.1, -0.05) is 6.42 Å². The number of nitrogens with one attached hydrogen (secondary N) is 1. The number of carbonyl (C=O) groups excluding carboxylic acids is 2. The van der Waals surface area contributed by atoms with Crippen LogP contribution in [0.4, 0.5) is 22.0 Å². The van der Waals surface area contributed by atoms with Gasteiger partial charge in [-0.25, -0.2) is 22.0 Å². The highest BCUT2D eigenvalue weighted by Gasteiger charge is 2.40. The number of allylic oxidation sites excluding steroid dienone is 2. The molecule has 0 aliphatic heterocycles. The van der Waals surface area contributed by atoms with Crippen molar-refractivity contribution in [3.63, 3.8) is 0 Å². The summed E-state index contributed by atoms with van der Waals surface area (Å²) < 4.78 is 68.1. The largest absolute Gasteiger partial charge is 0.481 e. The van der Waals surface area contributed by atoms with E-state index in [0.29, 0.717) is 12.8 Å². The molecule has 10 heteroatoms. The first-order chi connectivity index (χ1) is 12.2. The Bertz CT molecular complexity index is 835. The number of hydrogen-bond acceptors (Lipinski definition) is 4. The minimum atomic E-state index is -2.31. The number of benzene rings is 1. The van der Waals surface area contributed by atoms with Crippen LogP contribution in [0.15, 0.2) is 11.5 Å². The number of carboxylic acids is 1. The minimum Gasteiger partial charge on any atom is -0.481 e. The van der Waals surface area contributed by atoms with Crippen molar-refractivity contribution in [2.45, 2.75) is 25.7 Å². The quantitative estimate of drug-likeness (QED) is 0.330. The van der Waals surface area contributed by atoms with Gasteiger partial charge in [0.05, 0.1) is 11.1 Å². The summed E-state index contributed by atoms with van der Waals surface area (Å²) in [5, 5.41) is 10.7. The number of carbonyl (C=O) groups is 3. The van der Waals surface area contributed by atoms with Crippen LogP contribution in [0.1, 0.15) is 46.4 Å². The van der Waals surface area contributed by atoms with Crippen LogP contribution in [-0.2, 0) is 4.79 Å². The van der Waals surface area contributed by atoms with Gasteiger partial charge in [0.1, 0.15) is 5.70 Å². The molecule has 0 radical (unpaired) electrons. The molecule has 140 valence electrons. The fraction of sp³-hybridized carbons (Fsp3) is 0.312. The second-order valence-electron chi connectivity index (χ2n) is 5.48. The van der Waals surface area contributed by atoms with Gasteiger partial charge in [-0.3, -0.25) is 14.4 Å². The van der Waals surface area contributed by atoms with Crippen LogP contribution in [0.25, 0.3) is 0 Å². The van der Waals surface area contributed by atoms with Gasteiger partial charge in [-0.15, -0.1) is 0 Å². The summed E-state index contributed by atoms with van der Waals surface area (Å²) in [7, 11) is 0. The molecule has 0 spiro atoms. The van der Waals surface area contributed by atoms with Gasteiger partial charge in [0, 0.05) is 13.0 Å². The summed E-state index contributed by atoms with van der Waals surface area (Å²) in [5.74, 6) is -14.8. The molecular formula is C16H12F5NO4. The smallest absolute Gasteiger partial charge is 0.303 e. The highest BCUT2D eigenvalue weighted by atomic mass is 19.2. The second-order valence-corrected chi connectivity index (χ2v) is 5.48. The van der Waals surface area contributed by atoms with Crippen LogP contribution in [0.3, 0.4) is 0 Å². The number of carboxylic acid groups (broad SMARTS) is 1. The molecule has 1 aliphatic rings. The van der Waals surface area contributed by atoms with E-state index in [0.717, 1.165) is 0 Å². The number of rotatable bonds is 7. The van der Waals surface area contributed by atoms with E-state index in [1.54, 1.807) is 0 Å². The van der Waals surface area contributed by atoms with Gasteiger partial charge in [-0.2, -0.15) is 0 Å². The molecule has 0 atom stereocenters. The monoisotopic (exact) mass is 377 g/mol. The lowest BCUT2D eigenvalue weighted by Gasteiger charge is -2.19. The van der Waals surface area contributed by atoms with Gasteiger partial charge < -0.3 is 10.4 Å². The van der Waals surface area contributed by atoms with Crippen molar-refractivity contribution in [1.82, 2.24) is 5.32 Å². The topological polar surface area (TPSA) is 83.5 Å². The van der Waals surface area contributed by atoms with Gasteiger partial charge in [0.2, 0.25) is 11.6 Å². The predicted molar refractivity (Wildman–Crippen MR) is 77.2 cm³/mol. The number of unbranched alkanes of at least 4 members (excludes halogenated alkanes) is 2. The number of ketones is 2. The second kappa shape index (κ2) is 7.63. The van der Waals surface area contributed by atoms with E-state index in [-0.39, 0.29) is 19.4 Å². The van der Waals surface area contributed by atoms with Crippen molar-refractivity contribution >= 4 is 17.5 Å². The summed E-state index contributed by atoms with van der Waals surface area (Å²) in [5.41, 5.74) is -3.85. The summed E-state index contributed by atoms with van der Waals surface area (Å²) in [6, 6.07) is 0. The first-order valence-electron chi connectivity index (χ1n) is 7.49. The molecule has 0 heterocycles. The molecule has 2 rings (SSSR count). The Morgan fingerprint density at radius 2 is 1.35 bits per heavy atom. The lowest BCUT2D eigenvalue weighted by molar-refractivity contribution is -0.137. The molecule has 0 saturated carbocycles. The van der Waals surface area contributed by atoms with Crippen molar-refractivity contribution in [1.29, 1.82) is 0 Å². The predicted octanol–water partition coefficient (Wildman–Crippen LogP) is 3.04. The lowest BCUT2D eigenvalue weighted by Crippen LogP contribution is -2.32. The molecule has 0 saturated heterocycles. The maximum atomic E-state index is 14.1. The first-order valence-corrected chi connectivity index (χ1v) is 7.49. The van der Waals surface area contributed by atoms with E-state index in [1.165, 1.54) is 0 Å². The Hall–Kier alpha value is -2.78. The van der Waals surface area contributed by atoms with Crippen LogP contribution in [0.2, 0.25) is 0 Å². The Morgan fingerprint density at radius 3 is 1.88 bits per heavy atom. The Kier molecular flexibility index (Phi) is 5.73. The molecule has 0 fully saturated rings. The third-order valence-corrected chi connectivity index (χ3v) is 3.74. The zero-order valence-corrected chi connectivity index (χ0v) is 13.1. The Morgan fingerprint density at radius 1 is 0.808 bits per heavy atom. The molecule has 5 nitrogen and oxygen atoms in total. The molecule has 0 aromatic heterocycles. The SMILES string of the molecule is O=C(O)CCCCCNC1=C(F)C(=O)c2c(F)c(F)c(F)c(F)c2C1=O. The molecule has 1 aromatic rings. The first kappa shape index (κ1) is 19.5. The third kappa shape index (κ3) is 3.44. The van der Waals surface area contributed by atoms with Crippen molar-refractivity contribution in [3.8, 4) is 0 Å². The summed E-state index contributed by atoms with van der Waals surface area (Å²) in [6.45, 7) is -0.0789. The van der Waals surface area contributed by atoms with Crippen molar-refractivity contribution in [3.05, 3.63) is 45.9 Å². The maximum Gasteiger partial charge on any atom is 0.303 e. The van der Waals surface area contributed by atoms with Crippen LogP contribution in [0.5, 0.6) is 0 Å². The minimum absolute atomic E-state index is 0.0789. The van der Waals surface area contributed by atoms with E-state index < -0.39 is 63.5 Å². The van der Waals surface area contributed by atoms with E-state index in [9.17, 15) is 36.3 Å². The van der Waals surface area contributed by atoms with E-state index in [4.69, 9.17) is 5.11 Å². The number of Topliss-reactive ketones (excluding diaryl/α,β-unsaturated/α-hetero) is 2. The number of hydrogen-bond donors (Lipinski definition) is 2. The number of aliphatic carboxylic acids is 1. The lowest BCUT2D eigenvalue weighted by atomic mass is 9.90. The third-order valence-electron chi connectivity index (χ3n) is 3.74. The number of fused-ring (bicyclic) bond motifs is 1. The summed E-state index contributed by atoms with van der Waals surface area (Å²) in [4.78, 5) is 34.3. The van der Waals surface area contributed by atoms with Gasteiger partial charge in [0.25, 0.3) is 0 Å². The van der Waals surface area contributed by atoms with E-state index in [2.05, 4.69) is 5.32 Å². The molecule has 2 N–H and O–H groups in total. The number of halogens is 5. The molecule has 26 heavy (non-hydrogen) atoms. The summed E-state index contributed by atoms with van der Waals surface area (Å²) >= 11 is 0. The standard InChI is InChI=1S/C16H12F5NO4/c17-9-7-8(10(18)12(20)11(9)19)16(26)14(13(21)15(7)25)22-5-3-1-2-4-6(23)24/h22H,1-5H2,(H,23,24). The Balaban J connectivity index is 2.22. The Labute approximate surface area is 143 Å². The average molecular weight is 377 g/mol. The molecule has 1 aliphatic carbocycles. The average Bonchev–Trinajstić information content (AvgIpc) is 2.59. The zero-order valence-electron chi connectivity index (χ0n) is 13.1. The van der Waals surface area contributed by atoms with Crippen molar-refractivity contribution in [2.75, 3.05) is 6.54 Å². The van der Waals surface area contributed by atoms with Crippen molar-refractivity contribution < 1.29 is 41.4 Å². The van der Waals surface area contributed by atoms with Gasteiger partial charge >= 0.3 is 5.97 Å². The molecule has 1 aromatic carbocycles. The highest BCUT2D eigenvalue weighted by Crippen LogP contribution is 2.32. The van der Waals surface area contributed by atoms with Crippen LogP contribution >= 0.6 is 0 Å². The van der Waals surface area contributed by atoms with E-state index >= 15 is 0 Å². The highest BCUT2D eigenvalue weighted by molar-refractivity contribution is 6.26. The van der Waals surface area contributed by atoms with E-state index in [1.807, 2.05) is 0 Å². The fourth-order valence-electron chi connectivity index (χ4n) is 2.46. The van der Waals surface area contributed by atoms with Gasteiger partial charge in [0.15, 0.2) is 29.1 Å². The fourth-order valence-corrected chi connectivity index (χ4v) is 2.46. The summed E-state index contributed by atoms with van der Waals surface area (Å²) in [6.07, 6.45) is 0.915. The molecule has 0 amide bonds. The van der Waals surface area contributed by atoms with Crippen LogP contribution in [-0.4, -0.2) is 29.2 Å². The molecule has 0 unspecified atom stereocenters. The van der Waals surface area contributed by atoms with Crippen LogP contribution < -0.4 is 5.32 Å². The molecule has 0 bridgehead atoms. The molecular weight excluding hydrogens is 365 g/mol.